The normalized spacial score (nSPS) is 16.8. The van der Waals surface area contributed by atoms with E-state index in [0.29, 0.717) is 18.6 Å². The van der Waals surface area contributed by atoms with E-state index in [0.717, 1.165) is 50.5 Å². The average molecular weight is 278 g/mol. The molecule has 4 heteroatoms. The van der Waals surface area contributed by atoms with Crippen LogP contribution in [0.2, 0.25) is 0 Å². The second kappa shape index (κ2) is 8.35. The predicted molar refractivity (Wildman–Crippen MR) is 79.4 cm³/mol. The van der Waals surface area contributed by atoms with Crippen LogP contribution in [-0.2, 0) is 22.6 Å². The summed E-state index contributed by atoms with van der Waals surface area (Å²) in [6.45, 7) is 8.49. The molecule has 1 saturated heterocycles. The summed E-state index contributed by atoms with van der Waals surface area (Å²) in [5.41, 5.74) is 2.10. The maximum atomic E-state index is 5.90. The molecule has 0 bridgehead atoms. The maximum absolute atomic E-state index is 5.90. The molecule has 2 heterocycles. The van der Waals surface area contributed by atoms with Crippen LogP contribution in [0.4, 0.5) is 0 Å². The summed E-state index contributed by atoms with van der Waals surface area (Å²) in [5.74, 6) is 0.662. The SMILES string of the molecule is CC(C)CNCc1cccc(COC2CCOCC2)n1. The number of ether oxygens (including phenoxy) is 2. The Morgan fingerprint density at radius 3 is 2.80 bits per heavy atom. The Morgan fingerprint density at radius 2 is 2.05 bits per heavy atom. The van der Waals surface area contributed by atoms with E-state index in [2.05, 4.69) is 36.3 Å². The first kappa shape index (κ1) is 15.4. The third-order valence-electron chi connectivity index (χ3n) is 3.36. The minimum Gasteiger partial charge on any atom is -0.381 e. The van der Waals surface area contributed by atoms with Crippen LogP contribution in [0.15, 0.2) is 18.2 Å². The molecule has 0 radical (unpaired) electrons. The van der Waals surface area contributed by atoms with Gasteiger partial charge in [0.25, 0.3) is 0 Å². The van der Waals surface area contributed by atoms with Gasteiger partial charge in [-0.25, -0.2) is 0 Å². The van der Waals surface area contributed by atoms with Gasteiger partial charge in [-0.15, -0.1) is 0 Å². The minimum absolute atomic E-state index is 0.327. The highest BCUT2D eigenvalue weighted by atomic mass is 16.5. The van der Waals surface area contributed by atoms with Crippen molar-refractivity contribution in [2.45, 2.75) is 45.9 Å². The van der Waals surface area contributed by atoms with Crippen molar-refractivity contribution < 1.29 is 9.47 Å². The number of nitrogens with one attached hydrogen (secondary N) is 1. The van der Waals surface area contributed by atoms with Crippen LogP contribution in [0, 0.1) is 5.92 Å². The predicted octanol–water partition coefficient (Wildman–Crippen LogP) is 2.52. The van der Waals surface area contributed by atoms with Crippen LogP contribution in [0.25, 0.3) is 0 Å². The summed E-state index contributed by atoms with van der Waals surface area (Å²) in [4.78, 5) is 4.64. The highest BCUT2D eigenvalue weighted by Crippen LogP contribution is 2.12. The highest BCUT2D eigenvalue weighted by Gasteiger charge is 2.14. The van der Waals surface area contributed by atoms with Gasteiger partial charge in [-0.3, -0.25) is 4.98 Å². The van der Waals surface area contributed by atoms with E-state index >= 15 is 0 Å². The Balaban J connectivity index is 1.76. The molecular weight excluding hydrogens is 252 g/mol. The van der Waals surface area contributed by atoms with E-state index < -0.39 is 0 Å². The number of nitrogens with zero attached hydrogens (tertiary/aromatic N) is 1. The third kappa shape index (κ3) is 5.57. The Labute approximate surface area is 121 Å². The van der Waals surface area contributed by atoms with Crippen molar-refractivity contribution in [2.75, 3.05) is 19.8 Å². The monoisotopic (exact) mass is 278 g/mol. The molecule has 1 N–H and O–H groups in total. The maximum Gasteiger partial charge on any atom is 0.0891 e. The molecule has 20 heavy (non-hydrogen) atoms. The number of hydrogen-bond donors (Lipinski definition) is 1. The molecular formula is C16H26N2O2. The molecule has 0 spiro atoms. The van der Waals surface area contributed by atoms with Crippen molar-refractivity contribution in [1.82, 2.24) is 10.3 Å². The second-order valence-corrected chi connectivity index (χ2v) is 5.77. The van der Waals surface area contributed by atoms with E-state index in [1.807, 2.05) is 6.07 Å². The van der Waals surface area contributed by atoms with Crippen LogP contribution < -0.4 is 5.32 Å². The third-order valence-corrected chi connectivity index (χ3v) is 3.36. The van der Waals surface area contributed by atoms with Gasteiger partial charge in [-0.05, 0) is 37.4 Å². The Kier molecular flexibility index (Phi) is 6.43. The van der Waals surface area contributed by atoms with Gasteiger partial charge in [0.15, 0.2) is 0 Å². The number of pyridine rings is 1. The molecule has 112 valence electrons. The first-order valence-electron chi connectivity index (χ1n) is 7.59. The van der Waals surface area contributed by atoms with Crippen LogP contribution >= 0.6 is 0 Å². The minimum atomic E-state index is 0.327. The van der Waals surface area contributed by atoms with E-state index in [1.54, 1.807) is 0 Å². The van der Waals surface area contributed by atoms with E-state index in [9.17, 15) is 0 Å². The van der Waals surface area contributed by atoms with Crippen molar-refractivity contribution in [2.24, 2.45) is 5.92 Å². The molecule has 0 unspecified atom stereocenters. The summed E-state index contributed by atoms with van der Waals surface area (Å²) in [5, 5.41) is 3.41. The van der Waals surface area contributed by atoms with Gasteiger partial charge in [0.05, 0.1) is 24.1 Å². The molecule has 4 nitrogen and oxygen atoms in total. The quantitative estimate of drug-likeness (QED) is 0.832. The lowest BCUT2D eigenvalue weighted by molar-refractivity contribution is -0.0399. The fraction of sp³-hybridized carbons (Fsp3) is 0.688. The van der Waals surface area contributed by atoms with Crippen LogP contribution in [0.5, 0.6) is 0 Å². The van der Waals surface area contributed by atoms with E-state index in [1.165, 1.54) is 0 Å². The molecule has 1 aromatic heterocycles. The van der Waals surface area contributed by atoms with Gasteiger partial charge in [0, 0.05) is 19.8 Å². The summed E-state index contributed by atoms with van der Waals surface area (Å²) in [6, 6.07) is 6.15. The lowest BCUT2D eigenvalue weighted by Gasteiger charge is -2.22. The van der Waals surface area contributed by atoms with Gasteiger partial charge >= 0.3 is 0 Å². The van der Waals surface area contributed by atoms with Crippen molar-refractivity contribution in [3.63, 3.8) is 0 Å². The zero-order valence-corrected chi connectivity index (χ0v) is 12.6. The first-order valence-corrected chi connectivity index (χ1v) is 7.59. The van der Waals surface area contributed by atoms with E-state index in [-0.39, 0.29) is 0 Å². The molecule has 1 aliphatic rings. The topological polar surface area (TPSA) is 43.4 Å². The highest BCUT2D eigenvalue weighted by molar-refractivity contribution is 5.10. The van der Waals surface area contributed by atoms with Crippen molar-refractivity contribution in [3.05, 3.63) is 29.6 Å². The number of rotatable bonds is 7. The van der Waals surface area contributed by atoms with Crippen molar-refractivity contribution in [1.29, 1.82) is 0 Å². The van der Waals surface area contributed by atoms with Crippen molar-refractivity contribution in [3.8, 4) is 0 Å². The van der Waals surface area contributed by atoms with Gasteiger partial charge < -0.3 is 14.8 Å². The van der Waals surface area contributed by atoms with Crippen LogP contribution in [0.1, 0.15) is 38.1 Å². The fourth-order valence-corrected chi connectivity index (χ4v) is 2.24. The standard InChI is InChI=1S/C16H26N2O2/c1-13(2)10-17-11-14-4-3-5-15(18-14)12-20-16-6-8-19-9-7-16/h3-5,13,16-17H,6-12H2,1-2H3. The fourth-order valence-electron chi connectivity index (χ4n) is 2.24. The molecule has 1 aromatic rings. The zero-order valence-electron chi connectivity index (χ0n) is 12.6. The molecule has 2 rings (SSSR count). The van der Waals surface area contributed by atoms with Gasteiger partial charge in [0.2, 0.25) is 0 Å². The smallest absolute Gasteiger partial charge is 0.0891 e. The molecule has 1 fully saturated rings. The Bertz CT molecular complexity index is 390. The lowest BCUT2D eigenvalue weighted by atomic mass is 10.1. The van der Waals surface area contributed by atoms with Crippen molar-refractivity contribution >= 4 is 0 Å². The Morgan fingerprint density at radius 1 is 1.30 bits per heavy atom. The second-order valence-electron chi connectivity index (χ2n) is 5.77. The van der Waals surface area contributed by atoms with Gasteiger partial charge in [0.1, 0.15) is 0 Å². The zero-order chi connectivity index (χ0) is 14.2. The molecule has 0 saturated carbocycles. The number of hydrogen-bond acceptors (Lipinski definition) is 4. The summed E-state index contributed by atoms with van der Waals surface area (Å²) in [7, 11) is 0. The van der Waals surface area contributed by atoms with Gasteiger partial charge in [-0.1, -0.05) is 19.9 Å². The van der Waals surface area contributed by atoms with Crippen LogP contribution in [-0.4, -0.2) is 30.8 Å². The summed E-state index contributed by atoms with van der Waals surface area (Å²) >= 11 is 0. The molecule has 0 aliphatic carbocycles. The summed E-state index contributed by atoms with van der Waals surface area (Å²) in [6.07, 6.45) is 2.32. The Hall–Kier alpha value is -0.970. The molecule has 0 aromatic carbocycles. The first-order chi connectivity index (χ1) is 9.74. The van der Waals surface area contributed by atoms with Crippen LogP contribution in [0.3, 0.4) is 0 Å². The summed E-state index contributed by atoms with van der Waals surface area (Å²) < 4.78 is 11.2. The average Bonchev–Trinajstić information content (AvgIpc) is 2.46. The number of aromatic nitrogens is 1. The largest absolute Gasteiger partial charge is 0.381 e. The molecule has 0 atom stereocenters. The molecule has 0 amide bonds. The molecule has 1 aliphatic heterocycles. The van der Waals surface area contributed by atoms with Gasteiger partial charge in [-0.2, -0.15) is 0 Å². The lowest BCUT2D eigenvalue weighted by Crippen LogP contribution is -2.23. The van der Waals surface area contributed by atoms with E-state index in [4.69, 9.17) is 9.47 Å².